The van der Waals surface area contributed by atoms with Crippen LogP contribution in [0.3, 0.4) is 0 Å². The summed E-state index contributed by atoms with van der Waals surface area (Å²) in [5.74, 6) is 0.586. The van der Waals surface area contributed by atoms with E-state index in [2.05, 4.69) is 12.0 Å². The molecule has 0 amide bonds. The summed E-state index contributed by atoms with van der Waals surface area (Å²) in [6.45, 7) is 3.63. The van der Waals surface area contributed by atoms with E-state index in [9.17, 15) is 4.57 Å². The Kier molecular flexibility index (Phi) is 4.74. The fourth-order valence-corrected chi connectivity index (χ4v) is 3.17. The van der Waals surface area contributed by atoms with Gasteiger partial charge >= 0.3 is 7.52 Å². The molecule has 0 spiro atoms. The maximum absolute atomic E-state index is 12.4. The minimum absolute atomic E-state index is 0.585. The third-order valence-electron chi connectivity index (χ3n) is 2.77. The van der Waals surface area contributed by atoms with E-state index in [1.165, 1.54) is 5.56 Å². The van der Waals surface area contributed by atoms with Gasteiger partial charge in [0.05, 0.1) is 0 Å². The maximum Gasteiger partial charge on any atom is 0.338 e. The zero-order chi connectivity index (χ0) is 14.6. The highest BCUT2D eigenvalue weighted by Crippen LogP contribution is 2.43. The molecule has 0 aliphatic heterocycles. The van der Waals surface area contributed by atoms with Gasteiger partial charge in [-0.2, -0.15) is 0 Å². The van der Waals surface area contributed by atoms with E-state index in [1.54, 1.807) is 30.9 Å². The lowest BCUT2D eigenvalue weighted by atomic mass is 10.2. The standard InChI is InChI=1S/C15H17ClNO2P/c1-3-12-7-9-15(10-8-12)19-20(2,18)17-14-6-4-5-13(16)11-14/h4-11H,3H2,1-2H3,(H,17,18)/t20-/m0/s1. The highest BCUT2D eigenvalue weighted by Gasteiger charge is 2.17. The topological polar surface area (TPSA) is 38.3 Å². The second kappa shape index (κ2) is 6.34. The number of hydrogen-bond donors (Lipinski definition) is 1. The average Bonchev–Trinajstić information content (AvgIpc) is 2.38. The second-order valence-electron chi connectivity index (χ2n) is 4.56. The number of halogens is 1. The molecule has 0 unspecified atom stereocenters. The Labute approximate surface area is 124 Å². The first kappa shape index (κ1) is 15.0. The number of aryl methyl sites for hydroxylation is 1. The average molecular weight is 310 g/mol. The van der Waals surface area contributed by atoms with E-state index in [-0.39, 0.29) is 0 Å². The van der Waals surface area contributed by atoms with Crippen LogP contribution in [0.2, 0.25) is 5.02 Å². The summed E-state index contributed by atoms with van der Waals surface area (Å²) in [4.78, 5) is 0. The molecule has 3 nitrogen and oxygen atoms in total. The van der Waals surface area contributed by atoms with E-state index in [0.29, 0.717) is 16.5 Å². The van der Waals surface area contributed by atoms with E-state index >= 15 is 0 Å². The molecule has 2 rings (SSSR count). The van der Waals surface area contributed by atoms with Gasteiger partial charge in [-0.1, -0.05) is 36.7 Å². The Hall–Kier alpha value is -1.44. The Morgan fingerprint density at radius 1 is 1.20 bits per heavy atom. The molecule has 2 aromatic rings. The summed E-state index contributed by atoms with van der Waals surface area (Å²) >= 11 is 5.90. The second-order valence-corrected chi connectivity index (χ2v) is 7.09. The van der Waals surface area contributed by atoms with Gasteiger partial charge in [-0.15, -0.1) is 0 Å². The zero-order valence-corrected chi connectivity index (χ0v) is 13.1. The van der Waals surface area contributed by atoms with Crippen molar-refractivity contribution in [2.45, 2.75) is 13.3 Å². The predicted octanol–water partition coefficient (Wildman–Crippen LogP) is 5.22. The normalized spacial score (nSPS) is 13.6. The molecule has 20 heavy (non-hydrogen) atoms. The van der Waals surface area contributed by atoms with Crippen LogP contribution in [0.1, 0.15) is 12.5 Å². The van der Waals surface area contributed by atoms with Crippen molar-refractivity contribution in [2.24, 2.45) is 0 Å². The number of benzene rings is 2. The Morgan fingerprint density at radius 2 is 1.90 bits per heavy atom. The third kappa shape index (κ3) is 4.29. The fourth-order valence-electron chi connectivity index (χ4n) is 1.80. The van der Waals surface area contributed by atoms with Gasteiger partial charge in [-0.05, 0) is 42.3 Å². The van der Waals surface area contributed by atoms with Gasteiger partial charge in [-0.3, -0.25) is 4.57 Å². The van der Waals surface area contributed by atoms with Crippen LogP contribution in [0.4, 0.5) is 5.69 Å². The summed E-state index contributed by atoms with van der Waals surface area (Å²) in [7, 11) is -2.99. The molecule has 0 fully saturated rings. The molecule has 1 N–H and O–H groups in total. The molecule has 0 aliphatic rings. The van der Waals surface area contributed by atoms with Gasteiger partial charge in [0.2, 0.25) is 0 Å². The molecule has 0 aromatic heterocycles. The highest BCUT2D eigenvalue weighted by atomic mass is 35.5. The molecule has 2 aromatic carbocycles. The SMILES string of the molecule is CCc1ccc(O[P@](C)(=O)Nc2cccc(Cl)c2)cc1. The van der Waals surface area contributed by atoms with E-state index in [0.717, 1.165) is 6.42 Å². The molecule has 1 atom stereocenters. The maximum atomic E-state index is 12.4. The van der Waals surface area contributed by atoms with Crippen molar-refractivity contribution in [3.8, 4) is 5.75 Å². The van der Waals surface area contributed by atoms with Crippen LogP contribution < -0.4 is 9.61 Å². The Bertz CT molecular complexity index is 628. The van der Waals surface area contributed by atoms with Crippen LogP contribution in [-0.2, 0) is 11.0 Å². The predicted molar refractivity (Wildman–Crippen MR) is 85.1 cm³/mol. The summed E-state index contributed by atoms with van der Waals surface area (Å²) in [6.07, 6.45) is 0.963. The summed E-state index contributed by atoms with van der Waals surface area (Å²) in [5.41, 5.74) is 1.89. The van der Waals surface area contributed by atoms with Crippen LogP contribution in [0, 0.1) is 0 Å². The highest BCUT2D eigenvalue weighted by molar-refractivity contribution is 7.60. The van der Waals surface area contributed by atoms with Crippen molar-refractivity contribution in [3.05, 3.63) is 59.1 Å². The van der Waals surface area contributed by atoms with Crippen molar-refractivity contribution in [1.29, 1.82) is 0 Å². The lowest BCUT2D eigenvalue weighted by Gasteiger charge is -2.17. The van der Waals surface area contributed by atoms with Gasteiger partial charge < -0.3 is 9.61 Å². The quantitative estimate of drug-likeness (QED) is 0.770. The van der Waals surface area contributed by atoms with Crippen molar-refractivity contribution < 1.29 is 9.09 Å². The zero-order valence-electron chi connectivity index (χ0n) is 11.5. The number of anilines is 1. The van der Waals surface area contributed by atoms with Gasteiger partial charge in [0.1, 0.15) is 5.75 Å². The first-order valence-electron chi connectivity index (χ1n) is 6.38. The van der Waals surface area contributed by atoms with Crippen molar-refractivity contribution >= 4 is 24.8 Å². The molecule has 0 saturated carbocycles. The first-order chi connectivity index (χ1) is 9.48. The lowest BCUT2D eigenvalue weighted by Crippen LogP contribution is -2.02. The summed E-state index contributed by atoms with van der Waals surface area (Å²) in [5, 5.41) is 3.47. The molecular weight excluding hydrogens is 293 g/mol. The Morgan fingerprint density at radius 3 is 2.50 bits per heavy atom. The van der Waals surface area contributed by atoms with Crippen molar-refractivity contribution in [1.82, 2.24) is 0 Å². The van der Waals surface area contributed by atoms with Gasteiger partial charge in [0.15, 0.2) is 0 Å². The van der Waals surface area contributed by atoms with Crippen molar-refractivity contribution in [2.75, 3.05) is 11.8 Å². The molecule has 0 heterocycles. The summed E-state index contributed by atoms with van der Waals surface area (Å²) in [6, 6.07) is 14.7. The van der Waals surface area contributed by atoms with Crippen LogP contribution in [0.15, 0.2) is 48.5 Å². The minimum Gasteiger partial charge on any atom is -0.429 e. The fraction of sp³-hybridized carbons (Fsp3) is 0.200. The lowest BCUT2D eigenvalue weighted by molar-refractivity contribution is 0.493. The molecule has 106 valence electrons. The van der Waals surface area contributed by atoms with E-state index in [4.69, 9.17) is 16.1 Å². The van der Waals surface area contributed by atoms with Crippen LogP contribution >= 0.6 is 19.1 Å². The molecule has 0 aliphatic carbocycles. The van der Waals surface area contributed by atoms with Crippen LogP contribution in [0.25, 0.3) is 0 Å². The monoisotopic (exact) mass is 309 g/mol. The first-order valence-corrected chi connectivity index (χ1v) is 8.83. The molecular formula is C15H17ClNO2P. The van der Waals surface area contributed by atoms with Gasteiger partial charge in [-0.25, -0.2) is 0 Å². The summed E-state index contributed by atoms with van der Waals surface area (Å²) < 4.78 is 18.0. The molecule has 0 saturated heterocycles. The Balaban J connectivity index is 2.08. The molecule has 0 bridgehead atoms. The van der Waals surface area contributed by atoms with Crippen LogP contribution in [0.5, 0.6) is 5.75 Å². The molecule has 0 radical (unpaired) electrons. The number of nitrogens with one attached hydrogen (secondary N) is 1. The number of hydrogen-bond acceptors (Lipinski definition) is 2. The van der Waals surface area contributed by atoms with Crippen LogP contribution in [-0.4, -0.2) is 6.66 Å². The van der Waals surface area contributed by atoms with Gasteiger partial charge in [0.25, 0.3) is 0 Å². The van der Waals surface area contributed by atoms with E-state index in [1.807, 2.05) is 24.3 Å². The van der Waals surface area contributed by atoms with E-state index < -0.39 is 7.52 Å². The largest absolute Gasteiger partial charge is 0.429 e. The molecule has 5 heteroatoms. The smallest absolute Gasteiger partial charge is 0.338 e. The van der Waals surface area contributed by atoms with Gasteiger partial charge in [0, 0.05) is 17.4 Å². The third-order valence-corrected chi connectivity index (χ3v) is 4.23. The van der Waals surface area contributed by atoms with Crippen molar-refractivity contribution in [3.63, 3.8) is 0 Å². The number of rotatable bonds is 5. The minimum atomic E-state index is -2.99.